The molecule has 0 radical (unpaired) electrons. The Morgan fingerprint density at radius 3 is 2.39 bits per heavy atom. The van der Waals surface area contributed by atoms with E-state index in [1.165, 1.54) is 20.3 Å². The number of nitrogens with zero attached hydrogens (tertiary/aromatic N) is 2. The lowest BCUT2D eigenvalue weighted by Crippen LogP contribution is -2.37. The number of amides is 1. The number of carbonyl (C=O) groups excluding carboxylic acids is 1. The highest BCUT2D eigenvalue weighted by atomic mass is 19.4. The van der Waals surface area contributed by atoms with E-state index >= 15 is 0 Å². The molecule has 1 N–H and O–H groups in total. The third-order valence-corrected chi connectivity index (χ3v) is 4.54. The van der Waals surface area contributed by atoms with Crippen LogP contribution in [0.25, 0.3) is 0 Å². The van der Waals surface area contributed by atoms with Gasteiger partial charge in [-0.1, -0.05) is 0 Å². The number of nitrogens with one attached hydrogen (secondary N) is 1. The van der Waals surface area contributed by atoms with Gasteiger partial charge in [-0.25, -0.2) is 4.98 Å². The molecular weight excluding hydrogens is 375 g/mol. The van der Waals surface area contributed by atoms with Crippen LogP contribution in [0.4, 0.5) is 19.0 Å². The van der Waals surface area contributed by atoms with E-state index in [1.54, 1.807) is 18.2 Å². The van der Waals surface area contributed by atoms with Gasteiger partial charge in [-0.05, 0) is 30.7 Å². The summed E-state index contributed by atoms with van der Waals surface area (Å²) < 4.78 is 48.3. The number of hydrogen-bond donors (Lipinski definition) is 1. The number of alkyl halides is 3. The van der Waals surface area contributed by atoms with Crippen molar-refractivity contribution in [2.45, 2.75) is 18.6 Å². The van der Waals surface area contributed by atoms with E-state index in [1.807, 2.05) is 4.90 Å². The molecule has 1 unspecified atom stereocenters. The molecular formula is C19H20F3N3O3. The fourth-order valence-corrected chi connectivity index (χ4v) is 3.03. The van der Waals surface area contributed by atoms with E-state index in [4.69, 9.17) is 9.47 Å². The molecule has 1 saturated heterocycles. The van der Waals surface area contributed by atoms with Gasteiger partial charge in [0.2, 0.25) is 0 Å². The summed E-state index contributed by atoms with van der Waals surface area (Å²) in [5.41, 5.74) is -0.380. The van der Waals surface area contributed by atoms with Crippen LogP contribution in [0, 0.1) is 0 Å². The fourth-order valence-electron chi connectivity index (χ4n) is 3.03. The van der Waals surface area contributed by atoms with Crippen molar-refractivity contribution in [2.75, 3.05) is 32.2 Å². The second-order valence-corrected chi connectivity index (χ2v) is 6.41. The number of anilines is 1. The summed E-state index contributed by atoms with van der Waals surface area (Å²) in [4.78, 5) is 18.3. The summed E-state index contributed by atoms with van der Waals surface area (Å²) in [5.74, 6) is 1.19. The first-order valence-electron chi connectivity index (χ1n) is 8.62. The largest absolute Gasteiger partial charge is 0.497 e. The van der Waals surface area contributed by atoms with Crippen molar-refractivity contribution in [3.8, 4) is 11.5 Å². The Bertz CT molecular complexity index is 818. The van der Waals surface area contributed by atoms with Crippen molar-refractivity contribution in [3.05, 3.63) is 47.7 Å². The first kappa shape index (κ1) is 19.8. The summed E-state index contributed by atoms with van der Waals surface area (Å²) in [7, 11) is 3.00. The van der Waals surface area contributed by atoms with Crippen LogP contribution in [0.1, 0.15) is 22.3 Å². The molecule has 1 aliphatic rings. The van der Waals surface area contributed by atoms with Gasteiger partial charge in [0.1, 0.15) is 17.3 Å². The molecule has 2 aromatic rings. The van der Waals surface area contributed by atoms with Gasteiger partial charge in [0, 0.05) is 37.0 Å². The van der Waals surface area contributed by atoms with E-state index in [0.717, 1.165) is 12.3 Å². The van der Waals surface area contributed by atoms with Gasteiger partial charge in [-0.15, -0.1) is 0 Å². The summed E-state index contributed by atoms with van der Waals surface area (Å²) in [5, 5.41) is 2.93. The van der Waals surface area contributed by atoms with Gasteiger partial charge in [0.15, 0.2) is 0 Å². The second-order valence-electron chi connectivity index (χ2n) is 6.41. The van der Waals surface area contributed by atoms with E-state index in [9.17, 15) is 18.0 Å². The summed E-state index contributed by atoms with van der Waals surface area (Å²) in [6.45, 7) is 1.05. The van der Waals surface area contributed by atoms with Crippen molar-refractivity contribution >= 4 is 11.7 Å². The zero-order valence-corrected chi connectivity index (χ0v) is 15.4. The SMILES string of the molecule is COc1cc(OC)cc(C(=O)NC2CCN(c3ccc(C(F)(F)F)cn3)C2)c1. The lowest BCUT2D eigenvalue weighted by atomic mass is 10.1. The van der Waals surface area contributed by atoms with Crippen LogP contribution in [0.5, 0.6) is 11.5 Å². The maximum Gasteiger partial charge on any atom is 0.417 e. The van der Waals surface area contributed by atoms with Gasteiger partial charge in [-0.3, -0.25) is 4.79 Å². The highest BCUT2D eigenvalue weighted by molar-refractivity contribution is 5.95. The zero-order valence-electron chi connectivity index (χ0n) is 15.4. The van der Waals surface area contributed by atoms with Crippen molar-refractivity contribution < 1.29 is 27.4 Å². The molecule has 28 heavy (non-hydrogen) atoms. The molecule has 1 amide bonds. The van der Waals surface area contributed by atoms with Gasteiger partial charge >= 0.3 is 6.18 Å². The zero-order chi connectivity index (χ0) is 20.3. The molecule has 1 aliphatic heterocycles. The first-order valence-corrected chi connectivity index (χ1v) is 8.62. The number of pyridine rings is 1. The van der Waals surface area contributed by atoms with Crippen molar-refractivity contribution in [2.24, 2.45) is 0 Å². The molecule has 0 spiro atoms. The highest BCUT2D eigenvalue weighted by Crippen LogP contribution is 2.30. The molecule has 150 valence electrons. The second kappa shape index (κ2) is 7.95. The van der Waals surface area contributed by atoms with Crippen LogP contribution in [0.15, 0.2) is 36.5 Å². The standard InChI is InChI=1S/C19H20F3N3O3/c1-27-15-7-12(8-16(9-15)28-2)18(26)24-14-5-6-25(11-14)17-4-3-13(10-23-17)19(20,21)22/h3-4,7-10,14H,5-6,11H2,1-2H3,(H,24,26). The quantitative estimate of drug-likeness (QED) is 0.843. The van der Waals surface area contributed by atoms with Crippen LogP contribution in [-0.4, -0.2) is 44.2 Å². The number of rotatable bonds is 5. The van der Waals surface area contributed by atoms with Gasteiger partial charge < -0.3 is 19.7 Å². The monoisotopic (exact) mass is 395 g/mol. The molecule has 1 aromatic heterocycles. The van der Waals surface area contributed by atoms with Crippen molar-refractivity contribution in [3.63, 3.8) is 0 Å². The molecule has 1 atom stereocenters. The fraction of sp³-hybridized carbons (Fsp3) is 0.368. The first-order chi connectivity index (χ1) is 13.3. The van der Waals surface area contributed by atoms with Crippen LogP contribution in [0.2, 0.25) is 0 Å². The molecule has 2 heterocycles. The minimum Gasteiger partial charge on any atom is -0.497 e. The number of ether oxygens (including phenoxy) is 2. The van der Waals surface area contributed by atoms with Gasteiger partial charge in [-0.2, -0.15) is 13.2 Å². The molecule has 1 fully saturated rings. The molecule has 0 aliphatic carbocycles. The van der Waals surface area contributed by atoms with E-state index in [-0.39, 0.29) is 11.9 Å². The number of aromatic nitrogens is 1. The summed E-state index contributed by atoms with van der Waals surface area (Å²) in [6, 6.07) is 7.11. The Hall–Kier alpha value is -2.97. The Balaban J connectivity index is 1.64. The number of benzene rings is 1. The average Bonchev–Trinajstić information content (AvgIpc) is 3.15. The third-order valence-electron chi connectivity index (χ3n) is 4.54. The minimum atomic E-state index is -4.41. The lowest BCUT2D eigenvalue weighted by molar-refractivity contribution is -0.137. The molecule has 3 rings (SSSR count). The average molecular weight is 395 g/mol. The summed E-state index contributed by atoms with van der Waals surface area (Å²) >= 11 is 0. The molecule has 0 saturated carbocycles. The van der Waals surface area contributed by atoms with Gasteiger partial charge in [0.05, 0.1) is 19.8 Å². The molecule has 0 bridgehead atoms. The van der Waals surface area contributed by atoms with Crippen molar-refractivity contribution in [1.82, 2.24) is 10.3 Å². The maximum atomic E-state index is 12.7. The number of carbonyl (C=O) groups is 1. The Morgan fingerprint density at radius 2 is 1.86 bits per heavy atom. The number of hydrogen-bond acceptors (Lipinski definition) is 5. The summed E-state index contributed by atoms with van der Waals surface area (Å²) in [6.07, 6.45) is -2.93. The predicted octanol–water partition coefficient (Wildman–Crippen LogP) is 3.13. The Labute approximate surface area is 160 Å². The van der Waals surface area contributed by atoms with Crippen LogP contribution >= 0.6 is 0 Å². The topological polar surface area (TPSA) is 63.7 Å². The molecule has 1 aromatic carbocycles. The van der Waals surface area contributed by atoms with Crippen LogP contribution < -0.4 is 19.7 Å². The van der Waals surface area contributed by atoms with E-state index in [0.29, 0.717) is 42.4 Å². The smallest absolute Gasteiger partial charge is 0.417 e. The number of methoxy groups -OCH3 is 2. The van der Waals surface area contributed by atoms with E-state index < -0.39 is 11.7 Å². The Morgan fingerprint density at radius 1 is 1.18 bits per heavy atom. The van der Waals surface area contributed by atoms with Crippen LogP contribution in [0.3, 0.4) is 0 Å². The molecule has 9 heteroatoms. The highest BCUT2D eigenvalue weighted by Gasteiger charge is 2.31. The minimum absolute atomic E-state index is 0.145. The third kappa shape index (κ3) is 4.47. The predicted molar refractivity (Wildman–Crippen MR) is 96.9 cm³/mol. The van der Waals surface area contributed by atoms with E-state index in [2.05, 4.69) is 10.3 Å². The maximum absolute atomic E-state index is 12.7. The lowest BCUT2D eigenvalue weighted by Gasteiger charge is -2.18. The van der Waals surface area contributed by atoms with Crippen LogP contribution in [-0.2, 0) is 6.18 Å². The normalized spacial score (nSPS) is 16.8. The van der Waals surface area contributed by atoms with Crippen molar-refractivity contribution in [1.29, 1.82) is 0 Å². The Kier molecular flexibility index (Phi) is 5.62. The van der Waals surface area contributed by atoms with Gasteiger partial charge in [0.25, 0.3) is 5.91 Å². The number of halogens is 3. The molecule has 6 nitrogen and oxygen atoms in total.